The van der Waals surface area contributed by atoms with Crippen molar-refractivity contribution in [3.05, 3.63) is 35.1 Å². The zero-order valence-electron chi connectivity index (χ0n) is 10.4. The molecule has 102 valence electrons. The van der Waals surface area contributed by atoms with Gasteiger partial charge >= 0.3 is 0 Å². The van der Waals surface area contributed by atoms with Crippen molar-refractivity contribution >= 4 is 0 Å². The summed E-state index contributed by atoms with van der Waals surface area (Å²) in [6.45, 7) is 2.22. The summed E-state index contributed by atoms with van der Waals surface area (Å²) in [5.74, 6) is -2.82. The van der Waals surface area contributed by atoms with Crippen molar-refractivity contribution < 1.29 is 17.9 Å². The molecule has 2 nitrogen and oxygen atoms in total. The van der Waals surface area contributed by atoms with E-state index in [1.54, 1.807) is 7.11 Å². The Labute approximate surface area is 105 Å². The largest absolute Gasteiger partial charge is 0.383 e. The van der Waals surface area contributed by atoms with Gasteiger partial charge in [-0.2, -0.15) is 0 Å². The van der Waals surface area contributed by atoms with Gasteiger partial charge in [0.25, 0.3) is 0 Å². The van der Waals surface area contributed by atoms with Crippen LogP contribution in [0.3, 0.4) is 0 Å². The number of unbranched alkanes of at least 4 members (excludes halogenated alkanes) is 1. The van der Waals surface area contributed by atoms with Gasteiger partial charge in [0.15, 0.2) is 11.6 Å². The van der Waals surface area contributed by atoms with E-state index in [1.807, 2.05) is 0 Å². The minimum absolute atomic E-state index is 0.228. The second-order valence-corrected chi connectivity index (χ2v) is 4.06. The van der Waals surface area contributed by atoms with E-state index < -0.39 is 17.5 Å². The van der Waals surface area contributed by atoms with Crippen LogP contribution >= 0.6 is 0 Å². The highest BCUT2D eigenvalue weighted by Gasteiger charge is 2.09. The maximum atomic E-state index is 13.3. The molecule has 0 saturated heterocycles. The fourth-order valence-electron chi connectivity index (χ4n) is 1.62. The van der Waals surface area contributed by atoms with Gasteiger partial charge in [-0.05, 0) is 37.4 Å². The van der Waals surface area contributed by atoms with Gasteiger partial charge in [0.2, 0.25) is 0 Å². The Hall–Kier alpha value is -1.07. The van der Waals surface area contributed by atoms with E-state index >= 15 is 0 Å². The average molecular weight is 261 g/mol. The van der Waals surface area contributed by atoms with Crippen LogP contribution in [0.4, 0.5) is 13.2 Å². The molecular formula is C13H18F3NO. The van der Waals surface area contributed by atoms with Crippen LogP contribution < -0.4 is 5.32 Å². The first-order valence-electron chi connectivity index (χ1n) is 5.98. The highest BCUT2D eigenvalue weighted by atomic mass is 19.2. The third-order valence-electron chi connectivity index (χ3n) is 2.62. The number of hydrogen-bond donors (Lipinski definition) is 1. The zero-order valence-corrected chi connectivity index (χ0v) is 10.4. The third kappa shape index (κ3) is 5.06. The van der Waals surface area contributed by atoms with Crippen molar-refractivity contribution in [2.24, 2.45) is 0 Å². The minimum Gasteiger partial charge on any atom is -0.383 e. The Balaban J connectivity index is 2.25. The molecule has 0 saturated carbocycles. The van der Waals surface area contributed by atoms with E-state index in [9.17, 15) is 13.2 Å². The second kappa shape index (κ2) is 8.11. The Bertz CT molecular complexity index is 371. The molecular weight excluding hydrogens is 243 g/mol. The molecule has 0 heterocycles. The Morgan fingerprint density at radius 3 is 2.44 bits per heavy atom. The number of methoxy groups -OCH3 is 1. The van der Waals surface area contributed by atoms with Gasteiger partial charge in [0.1, 0.15) is 5.82 Å². The molecule has 0 fully saturated rings. The lowest BCUT2D eigenvalue weighted by molar-refractivity contribution is 0.199. The van der Waals surface area contributed by atoms with Crippen molar-refractivity contribution in [3.63, 3.8) is 0 Å². The van der Waals surface area contributed by atoms with Crippen molar-refractivity contribution in [1.82, 2.24) is 5.32 Å². The molecule has 0 unspecified atom stereocenters. The van der Waals surface area contributed by atoms with Gasteiger partial charge in [0, 0.05) is 19.7 Å². The van der Waals surface area contributed by atoms with E-state index in [1.165, 1.54) is 0 Å². The fraction of sp³-hybridized carbons (Fsp3) is 0.538. The molecule has 0 aliphatic rings. The van der Waals surface area contributed by atoms with E-state index in [0.717, 1.165) is 32.0 Å². The van der Waals surface area contributed by atoms with Gasteiger partial charge in [-0.15, -0.1) is 0 Å². The summed E-state index contributed by atoms with van der Waals surface area (Å²) in [6.07, 6.45) is 1.99. The van der Waals surface area contributed by atoms with Crippen LogP contribution in [0.15, 0.2) is 12.1 Å². The fourth-order valence-corrected chi connectivity index (χ4v) is 1.62. The summed E-state index contributed by atoms with van der Waals surface area (Å²) in [5.41, 5.74) is 0.228. The highest BCUT2D eigenvalue weighted by Crippen LogP contribution is 2.15. The quantitative estimate of drug-likeness (QED) is 0.574. The SMILES string of the molecule is COCCNCCCCc1cc(F)c(F)cc1F. The lowest BCUT2D eigenvalue weighted by Crippen LogP contribution is -2.20. The van der Waals surface area contributed by atoms with Crippen LogP contribution in [0, 0.1) is 17.5 Å². The number of benzene rings is 1. The van der Waals surface area contributed by atoms with Crippen LogP contribution in [0.2, 0.25) is 0 Å². The summed E-state index contributed by atoms with van der Waals surface area (Å²) < 4.78 is 43.7. The molecule has 18 heavy (non-hydrogen) atoms. The highest BCUT2D eigenvalue weighted by molar-refractivity contribution is 5.20. The average Bonchev–Trinajstić information content (AvgIpc) is 2.34. The third-order valence-corrected chi connectivity index (χ3v) is 2.62. The summed E-state index contributed by atoms with van der Waals surface area (Å²) in [5, 5.41) is 3.15. The van der Waals surface area contributed by atoms with Gasteiger partial charge in [0.05, 0.1) is 6.61 Å². The predicted octanol–water partition coefficient (Wildman–Crippen LogP) is 2.66. The Kier molecular flexibility index (Phi) is 6.75. The van der Waals surface area contributed by atoms with Crippen LogP contribution in [-0.2, 0) is 11.2 Å². The monoisotopic (exact) mass is 261 g/mol. The molecule has 5 heteroatoms. The van der Waals surface area contributed by atoms with Gasteiger partial charge in [-0.25, -0.2) is 13.2 Å². The van der Waals surface area contributed by atoms with Crippen LogP contribution in [0.25, 0.3) is 0 Å². The molecule has 0 bridgehead atoms. The van der Waals surface area contributed by atoms with E-state index in [4.69, 9.17) is 4.74 Å². The summed E-state index contributed by atoms with van der Waals surface area (Å²) in [4.78, 5) is 0. The molecule has 0 spiro atoms. The summed E-state index contributed by atoms with van der Waals surface area (Å²) in [7, 11) is 1.63. The lowest BCUT2D eigenvalue weighted by Gasteiger charge is -2.05. The number of ether oxygens (including phenoxy) is 1. The predicted molar refractivity (Wildman–Crippen MR) is 64.0 cm³/mol. The molecule has 1 rings (SSSR count). The van der Waals surface area contributed by atoms with Crippen LogP contribution in [0.5, 0.6) is 0 Å². The Morgan fingerprint density at radius 1 is 1.00 bits per heavy atom. The van der Waals surface area contributed by atoms with Crippen LogP contribution in [-0.4, -0.2) is 26.8 Å². The molecule has 0 amide bonds. The zero-order chi connectivity index (χ0) is 13.4. The molecule has 0 aliphatic heterocycles. The number of aryl methyl sites for hydroxylation is 1. The maximum Gasteiger partial charge on any atom is 0.161 e. The standard InChI is InChI=1S/C13H18F3NO/c1-18-7-6-17-5-3-2-4-10-8-12(15)13(16)9-11(10)14/h8-9,17H,2-7H2,1H3. The minimum atomic E-state index is -1.14. The number of halogens is 3. The molecule has 0 radical (unpaired) electrons. The normalized spacial score (nSPS) is 10.9. The van der Waals surface area contributed by atoms with Gasteiger partial charge < -0.3 is 10.1 Å². The number of nitrogens with one attached hydrogen (secondary N) is 1. The van der Waals surface area contributed by atoms with E-state index in [-0.39, 0.29) is 5.56 Å². The van der Waals surface area contributed by atoms with Crippen molar-refractivity contribution in [2.75, 3.05) is 26.8 Å². The first-order valence-corrected chi connectivity index (χ1v) is 5.98. The van der Waals surface area contributed by atoms with E-state index in [0.29, 0.717) is 19.1 Å². The van der Waals surface area contributed by atoms with Gasteiger partial charge in [-0.3, -0.25) is 0 Å². The molecule has 1 aromatic rings. The number of hydrogen-bond acceptors (Lipinski definition) is 2. The maximum absolute atomic E-state index is 13.3. The van der Waals surface area contributed by atoms with Crippen molar-refractivity contribution in [1.29, 1.82) is 0 Å². The molecule has 0 aromatic heterocycles. The Morgan fingerprint density at radius 2 is 1.72 bits per heavy atom. The second-order valence-electron chi connectivity index (χ2n) is 4.06. The van der Waals surface area contributed by atoms with Crippen molar-refractivity contribution in [3.8, 4) is 0 Å². The molecule has 1 aromatic carbocycles. The smallest absolute Gasteiger partial charge is 0.161 e. The van der Waals surface area contributed by atoms with Crippen molar-refractivity contribution in [2.45, 2.75) is 19.3 Å². The topological polar surface area (TPSA) is 21.3 Å². The first kappa shape index (κ1) is 15.0. The van der Waals surface area contributed by atoms with Gasteiger partial charge in [-0.1, -0.05) is 0 Å². The molecule has 1 N–H and O–H groups in total. The van der Waals surface area contributed by atoms with Crippen LogP contribution in [0.1, 0.15) is 18.4 Å². The summed E-state index contributed by atoms with van der Waals surface area (Å²) in [6, 6.07) is 1.53. The summed E-state index contributed by atoms with van der Waals surface area (Å²) >= 11 is 0. The molecule has 0 atom stereocenters. The lowest BCUT2D eigenvalue weighted by atomic mass is 10.1. The first-order chi connectivity index (χ1) is 8.65. The number of rotatable bonds is 8. The van der Waals surface area contributed by atoms with E-state index in [2.05, 4.69) is 5.32 Å². The molecule has 0 aliphatic carbocycles.